The number of carbonyl (C=O) groups excluding carboxylic acids is 4. The van der Waals surface area contributed by atoms with E-state index < -0.39 is 17.1 Å². The number of thioether (sulfide) groups is 1. The van der Waals surface area contributed by atoms with Gasteiger partial charge in [-0.05, 0) is 61.2 Å². The third-order valence-electron chi connectivity index (χ3n) is 5.53. The maximum absolute atomic E-state index is 13.1. The molecule has 2 aromatic carbocycles. The summed E-state index contributed by atoms with van der Waals surface area (Å²) in [5.41, 5.74) is 1.79. The van der Waals surface area contributed by atoms with Crippen LogP contribution < -0.4 is 16.0 Å². The summed E-state index contributed by atoms with van der Waals surface area (Å²) in [6.07, 6.45) is 0. The van der Waals surface area contributed by atoms with Crippen molar-refractivity contribution in [2.24, 2.45) is 0 Å². The largest absolute Gasteiger partial charge is 0.465 e. The fraction of sp³-hybridized carbons (Fsp3) is 0.143. The average molecular weight is 580 g/mol. The Morgan fingerprint density at radius 1 is 0.872 bits per heavy atom. The molecule has 4 aromatic rings. The molecule has 0 bridgehead atoms. The Hall–Kier alpha value is -3.93. The zero-order chi connectivity index (χ0) is 27.9. The van der Waals surface area contributed by atoms with E-state index in [1.165, 1.54) is 30.2 Å². The summed E-state index contributed by atoms with van der Waals surface area (Å²) in [5.74, 6) is -1.59. The molecule has 2 heterocycles. The summed E-state index contributed by atoms with van der Waals surface area (Å²) in [6, 6.07) is 19.7. The van der Waals surface area contributed by atoms with Crippen LogP contribution in [-0.2, 0) is 9.53 Å². The van der Waals surface area contributed by atoms with Crippen LogP contribution >= 0.6 is 34.4 Å². The molecule has 2 aromatic heterocycles. The molecule has 200 valence electrons. The van der Waals surface area contributed by atoms with E-state index in [1.807, 2.05) is 23.6 Å². The Bertz CT molecular complexity index is 1500. The van der Waals surface area contributed by atoms with Crippen LogP contribution in [0.3, 0.4) is 0 Å². The van der Waals surface area contributed by atoms with Crippen molar-refractivity contribution in [2.45, 2.75) is 24.0 Å². The molecule has 4 rings (SSSR count). The second kappa shape index (κ2) is 12.7. The fourth-order valence-electron chi connectivity index (χ4n) is 3.59. The van der Waals surface area contributed by atoms with Crippen molar-refractivity contribution in [3.05, 3.63) is 93.0 Å². The number of benzene rings is 2. The standard InChI is InChI=1S/C28H25N3O5S3/c1-16-22(28(35)36-3)27(39-23(16)26(34)29-18-9-5-4-6-10-18)31-24(32)17(2)38-20-12-7-11-19(15-20)30-25(33)21-13-8-14-37-21/h4-15,17H,1-3H3,(H,29,34)(H,30,33)(H,31,32). The molecule has 0 aliphatic heterocycles. The molecule has 39 heavy (non-hydrogen) atoms. The van der Waals surface area contributed by atoms with Crippen molar-refractivity contribution < 1.29 is 23.9 Å². The molecule has 0 aliphatic carbocycles. The monoisotopic (exact) mass is 579 g/mol. The lowest BCUT2D eigenvalue weighted by molar-refractivity contribution is -0.115. The lowest BCUT2D eigenvalue weighted by Gasteiger charge is -2.13. The number of carbonyl (C=O) groups is 4. The van der Waals surface area contributed by atoms with Crippen molar-refractivity contribution in [3.8, 4) is 0 Å². The van der Waals surface area contributed by atoms with Crippen LogP contribution in [0.4, 0.5) is 16.4 Å². The molecule has 0 saturated carbocycles. The number of amides is 3. The Morgan fingerprint density at radius 2 is 1.59 bits per heavy atom. The highest BCUT2D eigenvalue weighted by Gasteiger charge is 2.27. The molecule has 3 N–H and O–H groups in total. The van der Waals surface area contributed by atoms with E-state index in [-0.39, 0.29) is 22.4 Å². The van der Waals surface area contributed by atoms with Gasteiger partial charge in [0.1, 0.15) is 5.00 Å². The van der Waals surface area contributed by atoms with E-state index in [2.05, 4.69) is 16.0 Å². The third-order valence-corrected chi connectivity index (χ3v) is 8.70. The first kappa shape index (κ1) is 28.1. The molecule has 0 aliphatic rings. The van der Waals surface area contributed by atoms with Crippen LogP contribution in [-0.4, -0.2) is 36.1 Å². The summed E-state index contributed by atoms with van der Waals surface area (Å²) in [5, 5.41) is 9.99. The SMILES string of the molecule is COC(=O)c1c(NC(=O)C(C)Sc2cccc(NC(=O)c3cccs3)c2)sc(C(=O)Nc2ccccc2)c1C. The van der Waals surface area contributed by atoms with Crippen molar-refractivity contribution in [1.29, 1.82) is 0 Å². The van der Waals surface area contributed by atoms with Gasteiger partial charge in [-0.1, -0.05) is 30.3 Å². The summed E-state index contributed by atoms with van der Waals surface area (Å²) in [4.78, 5) is 52.7. The van der Waals surface area contributed by atoms with E-state index in [0.717, 1.165) is 16.2 Å². The van der Waals surface area contributed by atoms with Gasteiger partial charge in [-0.3, -0.25) is 14.4 Å². The number of hydrogen-bond donors (Lipinski definition) is 3. The molecule has 1 unspecified atom stereocenters. The van der Waals surface area contributed by atoms with Crippen molar-refractivity contribution >= 4 is 74.5 Å². The van der Waals surface area contributed by atoms with Gasteiger partial charge >= 0.3 is 5.97 Å². The maximum Gasteiger partial charge on any atom is 0.341 e. The van der Waals surface area contributed by atoms with Crippen molar-refractivity contribution in [1.82, 2.24) is 0 Å². The molecular formula is C28H25N3O5S3. The number of rotatable bonds is 9. The Kier molecular flexibility index (Phi) is 9.18. The first-order chi connectivity index (χ1) is 18.8. The lowest BCUT2D eigenvalue weighted by atomic mass is 10.1. The molecule has 0 saturated heterocycles. The van der Waals surface area contributed by atoms with Crippen LogP contribution in [0, 0.1) is 6.92 Å². The fourth-order valence-corrected chi connectivity index (χ4v) is 6.23. The summed E-state index contributed by atoms with van der Waals surface area (Å²) in [6.45, 7) is 3.38. The molecular weight excluding hydrogens is 555 g/mol. The summed E-state index contributed by atoms with van der Waals surface area (Å²) in [7, 11) is 1.25. The van der Waals surface area contributed by atoms with Gasteiger partial charge in [-0.25, -0.2) is 4.79 Å². The first-order valence-corrected chi connectivity index (χ1v) is 14.3. The maximum atomic E-state index is 13.1. The van der Waals surface area contributed by atoms with Crippen LogP contribution in [0.25, 0.3) is 0 Å². The smallest absolute Gasteiger partial charge is 0.341 e. The van der Waals surface area contributed by atoms with Gasteiger partial charge in [0.2, 0.25) is 5.91 Å². The van der Waals surface area contributed by atoms with Gasteiger partial charge < -0.3 is 20.7 Å². The molecule has 3 amide bonds. The second-order valence-electron chi connectivity index (χ2n) is 8.28. The minimum absolute atomic E-state index is 0.143. The van der Waals surface area contributed by atoms with E-state index in [1.54, 1.807) is 62.4 Å². The molecule has 0 spiro atoms. The van der Waals surface area contributed by atoms with Gasteiger partial charge in [-0.15, -0.1) is 34.4 Å². The Balaban J connectivity index is 1.47. The highest BCUT2D eigenvalue weighted by molar-refractivity contribution is 8.00. The van der Waals surface area contributed by atoms with Crippen molar-refractivity contribution in [3.63, 3.8) is 0 Å². The average Bonchev–Trinajstić information content (AvgIpc) is 3.57. The van der Waals surface area contributed by atoms with Gasteiger partial charge in [0.15, 0.2) is 0 Å². The Labute approximate surface area is 237 Å². The van der Waals surface area contributed by atoms with Crippen LogP contribution in [0.15, 0.2) is 77.0 Å². The predicted molar refractivity (Wildman–Crippen MR) is 157 cm³/mol. The highest BCUT2D eigenvalue weighted by Crippen LogP contribution is 2.35. The zero-order valence-corrected chi connectivity index (χ0v) is 23.7. The predicted octanol–water partition coefficient (Wildman–Crippen LogP) is 6.53. The van der Waals surface area contributed by atoms with E-state index in [4.69, 9.17) is 4.74 Å². The number of hydrogen-bond acceptors (Lipinski definition) is 8. The summed E-state index contributed by atoms with van der Waals surface area (Å²) >= 11 is 3.67. The van der Waals surface area contributed by atoms with Gasteiger partial charge in [0, 0.05) is 16.3 Å². The van der Waals surface area contributed by atoms with Crippen LogP contribution in [0.2, 0.25) is 0 Å². The highest BCUT2D eigenvalue weighted by atomic mass is 32.2. The number of esters is 1. The molecule has 0 fully saturated rings. The van der Waals surface area contributed by atoms with Crippen molar-refractivity contribution in [2.75, 3.05) is 23.1 Å². The minimum Gasteiger partial charge on any atom is -0.465 e. The van der Waals surface area contributed by atoms with E-state index >= 15 is 0 Å². The summed E-state index contributed by atoms with van der Waals surface area (Å²) < 4.78 is 4.92. The molecule has 8 nitrogen and oxygen atoms in total. The first-order valence-electron chi connectivity index (χ1n) is 11.8. The van der Waals surface area contributed by atoms with Gasteiger partial charge in [-0.2, -0.15) is 0 Å². The van der Waals surface area contributed by atoms with E-state index in [0.29, 0.717) is 26.7 Å². The normalized spacial score (nSPS) is 11.4. The number of anilines is 3. The van der Waals surface area contributed by atoms with Crippen LogP contribution in [0.1, 0.15) is 42.2 Å². The third kappa shape index (κ3) is 6.94. The van der Waals surface area contributed by atoms with Gasteiger partial charge in [0.05, 0.1) is 27.7 Å². The topological polar surface area (TPSA) is 114 Å². The van der Waals surface area contributed by atoms with E-state index in [9.17, 15) is 19.2 Å². The number of nitrogens with one attached hydrogen (secondary N) is 3. The molecule has 11 heteroatoms. The van der Waals surface area contributed by atoms with Gasteiger partial charge in [0.25, 0.3) is 11.8 Å². The minimum atomic E-state index is -0.646. The number of ether oxygens (including phenoxy) is 1. The number of thiophene rings is 2. The second-order valence-corrected chi connectivity index (χ2v) is 11.7. The quantitative estimate of drug-likeness (QED) is 0.154. The molecule has 0 radical (unpaired) electrons. The van der Waals surface area contributed by atoms with Crippen LogP contribution in [0.5, 0.6) is 0 Å². The Morgan fingerprint density at radius 3 is 2.28 bits per heavy atom. The number of para-hydroxylation sites is 1. The molecule has 1 atom stereocenters. The lowest BCUT2D eigenvalue weighted by Crippen LogP contribution is -2.23. The zero-order valence-electron chi connectivity index (χ0n) is 21.3. The number of methoxy groups -OCH3 is 1.